The summed E-state index contributed by atoms with van der Waals surface area (Å²) in [6.45, 7) is 7.15. The number of alkyl halides is 2. The molecule has 0 unspecified atom stereocenters. The molecule has 142 valence electrons. The van der Waals surface area contributed by atoms with Crippen molar-refractivity contribution in [1.29, 1.82) is 0 Å². The van der Waals surface area contributed by atoms with Gasteiger partial charge < -0.3 is 0 Å². The summed E-state index contributed by atoms with van der Waals surface area (Å²) in [6, 6.07) is 0. The normalized spacial score (nSPS) is 11.7. The van der Waals surface area contributed by atoms with Crippen LogP contribution in [0.1, 0.15) is 39.5 Å². The van der Waals surface area contributed by atoms with Crippen LogP contribution in [-0.2, 0) is 18.1 Å². The van der Waals surface area contributed by atoms with E-state index in [-0.39, 0.29) is 19.0 Å². The van der Waals surface area contributed by atoms with Crippen molar-refractivity contribution >= 4 is 43.4 Å². The van der Waals surface area contributed by atoms with Gasteiger partial charge in [0.2, 0.25) is 0 Å². The van der Waals surface area contributed by atoms with Gasteiger partial charge in [0.25, 0.3) is 0 Å². The van der Waals surface area contributed by atoms with Gasteiger partial charge in [-0.1, -0.05) is 26.7 Å². The van der Waals surface area contributed by atoms with Crippen LogP contribution in [0, 0.1) is 0 Å². The SMILES string of the molecule is CCCCOP(=O)(OCCCC)OCCN(CCCl)CCCl.Cl. The first-order chi connectivity index (χ1) is 10.6. The predicted molar refractivity (Wildman–Crippen MR) is 100 cm³/mol. The number of phosphoric acid groups is 1. The van der Waals surface area contributed by atoms with Crippen molar-refractivity contribution in [2.24, 2.45) is 0 Å². The molecule has 0 fully saturated rings. The summed E-state index contributed by atoms with van der Waals surface area (Å²) in [5, 5.41) is 0. The third-order valence-corrected chi connectivity index (χ3v) is 4.79. The van der Waals surface area contributed by atoms with E-state index in [1.165, 1.54) is 0 Å². The third-order valence-electron chi connectivity index (χ3n) is 2.95. The number of unbranched alkanes of at least 4 members (excludes halogenated alkanes) is 2. The van der Waals surface area contributed by atoms with Gasteiger partial charge in [0, 0.05) is 31.4 Å². The van der Waals surface area contributed by atoms with E-state index >= 15 is 0 Å². The third kappa shape index (κ3) is 14.9. The number of hydrogen-bond donors (Lipinski definition) is 0. The molecule has 0 N–H and O–H groups in total. The van der Waals surface area contributed by atoms with Crippen molar-refractivity contribution in [3.05, 3.63) is 0 Å². The second-order valence-corrected chi connectivity index (χ2v) is 7.30. The first-order valence-electron chi connectivity index (χ1n) is 7.99. The lowest BCUT2D eigenvalue weighted by molar-refractivity contribution is 0.101. The zero-order chi connectivity index (χ0) is 16.7. The molecule has 0 aromatic rings. The van der Waals surface area contributed by atoms with E-state index in [2.05, 4.69) is 4.90 Å². The Labute approximate surface area is 157 Å². The fourth-order valence-electron chi connectivity index (χ4n) is 1.61. The van der Waals surface area contributed by atoms with Gasteiger partial charge in [-0.25, -0.2) is 4.57 Å². The molecule has 0 amide bonds. The molecular formula is C14H31Cl3NO4P. The van der Waals surface area contributed by atoms with Gasteiger partial charge in [-0.2, -0.15) is 0 Å². The smallest absolute Gasteiger partial charge is 0.299 e. The van der Waals surface area contributed by atoms with Crippen LogP contribution in [0.5, 0.6) is 0 Å². The number of hydrogen-bond acceptors (Lipinski definition) is 5. The molecule has 23 heavy (non-hydrogen) atoms. The molecule has 0 aliphatic carbocycles. The molecule has 0 radical (unpaired) electrons. The minimum Gasteiger partial charge on any atom is -0.299 e. The van der Waals surface area contributed by atoms with E-state index in [4.69, 9.17) is 36.8 Å². The quantitative estimate of drug-likeness (QED) is 0.203. The Bertz CT molecular complexity index is 281. The lowest BCUT2D eigenvalue weighted by Gasteiger charge is -2.22. The van der Waals surface area contributed by atoms with Crippen LogP contribution in [0.15, 0.2) is 0 Å². The van der Waals surface area contributed by atoms with Crippen molar-refractivity contribution in [2.75, 3.05) is 51.2 Å². The molecule has 0 heterocycles. The molecule has 0 aromatic heterocycles. The maximum Gasteiger partial charge on any atom is 0.474 e. The molecule has 5 nitrogen and oxygen atoms in total. The topological polar surface area (TPSA) is 48.0 Å². The Balaban J connectivity index is 0. The average Bonchev–Trinajstić information content (AvgIpc) is 2.48. The average molecular weight is 415 g/mol. The Kier molecular flexibility index (Phi) is 20.2. The van der Waals surface area contributed by atoms with Crippen molar-refractivity contribution in [2.45, 2.75) is 39.5 Å². The summed E-state index contributed by atoms with van der Waals surface area (Å²) in [4.78, 5) is 2.06. The lowest BCUT2D eigenvalue weighted by atomic mass is 10.4. The predicted octanol–water partition coefficient (Wildman–Crippen LogP) is 4.95. The number of nitrogens with zero attached hydrogens (tertiary/aromatic N) is 1. The van der Waals surface area contributed by atoms with Crippen LogP contribution in [0.3, 0.4) is 0 Å². The Morgan fingerprint density at radius 2 is 1.26 bits per heavy atom. The fraction of sp³-hybridized carbons (Fsp3) is 1.00. The molecule has 0 atom stereocenters. The summed E-state index contributed by atoms with van der Waals surface area (Å²) in [6.07, 6.45) is 3.59. The van der Waals surface area contributed by atoms with Crippen molar-refractivity contribution in [3.8, 4) is 0 Å². The minimum absolute atomic E-state index is 0. The maximum atomic E-state index is 12.5. The second kappa shape index (κ2) is 17.8. The Hall–Kier alpha value is 0.940. The highest BCUT2D eigenvalue weighted by atomic mass is 35.5. The fourth-order valence-corrected chi connectivity index (χ4v) is 3.32. The van der Waals surface area contributed by atoms with E-state index in [1.54, 1.807) is 0 Å². The number of rotatable bonds is 16. The Morgan fingerprint density at radius 3 is 1.65 bits per heavy atom. The van der Waals surface area contributed by atoms with Gasteiger partial charge in [-0.05, 0) is 12.8 Å². The van der Waals surface area contributed by atoms with Crippen LogP contribution < -0.4 is 0 Å². The van der Waals surface area contributed by atoms with Crippen LogP contribution in [-0.4, -0.2) is 56.1 Å². The molecule has 0 saturated carbocycles. The van der Waals surface area contributed by atoms with E-state index in [0.29, 0.717) is 31.5 Å². The van der Waals surface area contributed by atoms with Gasteiger partial charge >= 0.3 is 7.82 Å². The summed E-state index contributed by atoms with van der Waals surface area (Å²) in [5.41, 5.74) is 0. The minimum atomic E-state index is -3.47. The van der Waals surface area contributed by atoms with Crippen molar-refractivity contribution in [1.82, 2.24) is 4.90 Å². The van der Waals surface area contributed by atoms with Crippen molar-refractivity contribution in [3.63, 3.8) is 0 Å². The second-order valence-electron chi connectivity index (χ2n) is 4.87. The molecule has 0 aromatic carbocycles. The van der Waals surface area contributed by atoms with Gasteiger partial charge in [0.15, 0.2) is 0 Å². The molecule has 0 spiro atoms. The molecule has 0 aliphatic heterocycles. The molecule has 0 rings (SSSR count). The summed E-state index contributed by atoms with van der Waals surface area (Å²) < 4.78 is 28.7. The number of phosphoric ester groups is 1. The van der Waals surface area contributed by atoms with Crippen LogP contribution >= 0.6 is 43.4 Å². The van der Waals surface area contributed by atoms with Gasteiger partial charge in [0.1, 0.15) is 0 Å². The monoisotopic (exact) mass is 413 g/mol. The summed E-state index contributed by atoms with van der Waals surface area (Å²) >= 11 is 11.5. The van der Waals surface area contributed by atoms with E-state index < -0.39 is 7.82 Å². The largest absolute Gasteiger partial charge is 0.474 e. The molecule has 0 bridgehead atoms. The van der Waals surface area contributed by atoms with Crippen molar-refractivity contribution < 1.29 is 18.1 Å². The van der Waals surface area contributed by atoms with Crippen LogP contribution in [0.25, 0.3) is 0 Å². The Morgan fingerprint density at radius 1 is 0.826 bits per heavy atom. The first kappa shape index (κ1) is 26.2. The highest BCUT2D eigenvalue weighted by molar-refractivity contribution is 7.48. The van der Waals surface area contributed by atoms with E-state index in [1.807, 2.05) is 13.8 Å². The lowest BCUT2D eigenvalue weighted by Crippen LogP contribution is -2.31. The molecule has 0 saturated heterocycles. The standard InChI is InChI=1S/C14H30Cl2NO4P.ClH/c1-3-5-12-19-22(18,20-13-6-4-2)21-14-11-17(9-7-15)10-8-16;/h3-14H2,1-2H3;1H. The maximum absolute atomic E-state index is 12.5. The zero-order valence-corrected chi connectivity index (χ0v) is 17.4. The van der Waals surface area contributed by atoms with Gasteiger partial charge in [-0.15, -0.1) is 35.6 Å². The van der Waals surface area contributed by atoms with Crippen LogP contribution in [0.2, 0.25) is 0 Å². The molecule has 0 aliphatic rings. The summed E-state index contributed by atoms with van der Waals surface area (Å²) in [5.74, 6) is 1.04. The van der Waals surface area contributed by atoms with E-state index in [9.17, 15) is 4.57 Å². The molecular weight excluding hydrogens is 383 g/mol. The van der Waals surface area contributed by atoms with Crippen LogP contribution in [0.4, 0.5) is 0 Å². The molecule has 9 heteroatoms. The van der Waals surface area contributed by atoms with Gasteiger partial charge in [0.05, 0.1) is 19.8 Å². The van der Waals surface area contributed by atoms with E-state index in [0.717, 1.165) is 38.8 Å². The first-order valence-corrected chi connectivity index (χ1v) is 10.5. The summed E-state index contributed by atoms with van der Waals surface area (Å²) in [7, 11) is -3.47. The highest BCUT2D eigenvalue weighted by Crippen LogP contribution is 2.49. The van der Waals surface area contributed by atoms with Gasteiger partial charge in [-0.3, -0.25) is 18.5 Å². The number of halogens is 3. The highest BCUT2D eigenvalue weighted by Gasteiger charge is 2.26. The zero-order valence-electron chi connectivity index (χ0n) is 14.2.